The third-order valence-electron chi connectivity index (χ3n) is 6.68. The fraction of sp³-hybridized carbons (Fsp3) is 0.391. The first-order chi connectivity index (χ1) is 16.3. The minimum atomic E-state index is -3.69. The third kappa shape index (κ3) is 3.41. The van der Waals surface area contributed by atoms with Crippen LogP contribution in [0.3, 0.4) is 0 Å². The quantitative estimate of drug-likeness (QED) is 0.464. The van der Waals surface area contributed by atoms with Gasteiger partial charge in [0.15, 0.2) is 0 Å². The maximum absolute atomic E-state index is 13.4. The lowest BCUT2D eigenvalue weighted by Crippen LogP contribution is -2.50. The number of carbonyl (C=O) groups excluding carboxylic acids is 1. The van der Waals surface area contributed by atoms with Crippen LogP contribution in [0.4, 0.5) is 0 Å². The van der Waals surface area contributed by atoms with E-state index in [9.17, 15) is 13.2 Å². The molecule has 1 saturated heterocycles. The summed E-state index contributed by atoms with van der Waals surface area (Å²) in [5.41, 5.74) is 2.37. The first-order valence-corrected chi connectivity index (χ1v) is 13.6. The standard InChI is InChI=1S/C23H24N6O3S2/c1-13-18-14(2)26-20(15-5-6-15)27-22(18)33-19(13)23(30)28-8-10-29(11-9-28)34(31,32)17-12-25-21-16(17)4-3-7-24-21/h3-4,7,12,15H,5-6,8-11H2,1-2H3,(H,24,25). The smallest absolute Gasteiger partial charge is 0.264 e. The lowest BCUT2D eigenvalue weighted by atomic mass is 10.1. The summed E-state index contributed by atoms with van der Waals surface area (Å²) in [7, 11) is -3.69. The second-order valence-electron chi connectivity index (χ2n) is 8.93. The lowest BCUT2D eigenvalue weighted by Gasteiger charge is -2.33. The van der Waals surface area contributed by atoms with Gasteiger partial charge in [-0.25, -0.2) is 23.4 Å². The molecule has 0 unspecified atom stereocenters. The molecular formula is C23H24N6O3S2. The molecule has 1 saturated carbocycles. The van der Waals surface area contributed by atoms with Crippen LogP contribution in [0.5, 0.6) is 0 Å². The monoisotopic (exact) mass is 496 g/mol. The van der Waals surface area contributed by atoms with Gasteiger partial charge in [-0.05, 0) is 44.4 Å². The number of fused-ring (bicyclic) bond motifs is 2. The van der Waals surface area contributed by atoms with Crippen LogP contribution in [-0.4, -0.2) is 69.6 Å². The van der Waals surface area contributed by atoms with Crippen LogP contribution in [-0.2, 0) is 10.0 Å². The topological polar surface area (TPSA) is 112 Å². The summed E-state index contributed by atoms with van der Waals surface area (Å²) in [6.45, 7) is 5.10. The number of pyridine rings is 1. The summed E-state index contributed by atoms with van der Waals surface area (Å²) in [6, 6.07) is 3.47. The fourth-order valence-corrected chi connectivity index (χ4v) is 7.43. The molecule has 2 aliphatic rings. The van der Waals surface area contributed by atoms with E-state index in [0.29, 0.717) is 34.9 Å². The minimum Gasteiger partial charge on any atom is -0.345 e. The molecule has 34 heavy (non-hydrogen) atoms. The fourth-order valence-electron chi connectivity index (χ4n) is 4.65. The molecule has 9 nitrogen and oxygen atoms in total. The first kappa shape index (κ1) is 21.6. The van der Waals surface area contributed by atoms with Gasteiger partial charge in [-0.1, -0.05) is 0 Å². The number of amides is 1. The van der Waals surface area contributed by atoms with Gasteiger partial charge in [0.1, 0.15) is 21.2 Å². The number of aromatic nitrogens is 4. The number of aromatic amines is 1. The molecule has 4 aromatic heterocycles. The highest BCUT2D eigenvalue weighted by Crippen LogP contribution is 2.40. The Bertz CT molecular complexity index is 1550. The molecular weight excluding hydrogens is 472 g/mol. The molecule has 6 rings (SSSR count). The summed E-state index contributed by atoms with van der Waals surface area (Å²) in [5, 5.41) is 1.54. The summed E-state index contributed by atoms with van der Waals surface area (Å²) < 4.78 is 28.0. The molecule has 1 aliphatic heterocycles. The number of carbonyl (C=O) groups is 1. The number of nitrogens with zero attached hydrogens (tertiary/aromatic N) is 5. The summed E-state index contributed by atoms with van der Waals surface area (Å²) >= 11 is 1.42. The Kier molecular flexibility index (Phi) is 4.98. The van der Waals surface area contributed by atoms with Gasteiger partial charge < -0.3 is 9.88 Å². The van der Waals surface area contributed by atoms with E-state index >= 15 is 0 Å². The van der Waals surface area contributed by atoms with Crippen LogP contribution in [0.15, 0.2) is 29.4 Å². The predicted octanol–water partition coefficient (Wildman–Crippen LogP) is 3.21. The molecule has 176 valence electrons. The number of rotatable bonds is 4. The van der Waals surface area contributed by atoms with E-state index in [4.69, 9.17) is 4.98 Å². The van der Waals surface area contributed by atoms with Crippen LogP contribution < -0.4 is 0 Å². The van der Waals surface area contributed by atoms with Crippen LogP contribution in [0.2, 0.25) is 0 Å². The second kappa shape index (κ2) is 7.82. The Morgan fingerprint density at radius 2 is 1.91 bits per heavy atom. The molecule has 0 atom stereocenters. The van der Waals surface area contributed by atoms with E-state index in [-0.39, 0.29) is 23.9 Å². The van der Waals surface area contributed by atoms with Crippen molar-refractivity contribution in [2.75, 3.05) is 26.2 Å². The highest BCUT2D eigenvalue weighted by Gasteiger charge is 2.34. The van der Waals surface area contributed by atoms with E-state index in [1.807, 2.05) is 13.8 Å². The van der Waals surface area contributed by atoms with Crippen molar-refractivity contribution in [3.8, 4) is 0 Å². The molecule has 5 heterocycles. The van der Waals surface area contributed by atoms with Gasteiger partial charge in [-0.3, -0.25) is 4.79 Å². The highest BCUT2D eigenvalue weighted by atomic mass is 32.2. The summed E-state index contributed by atoms with van der Waals surface area (Å²) in [6.07, 6.45) is 5.37. The van der Waals surface area contributed by atoms with Crippen molar-refractivity contribution in [3.63, 3.8) is 0 Å². The van der Waals surface area contributed by atoms with E-state index in [2.05, 4.69) is 15.0 Å². The van der Waals surface area contributed by atoms with Crippen LogP contribution in [0, 0.1) is 13.8 Å². The Balaban J connectivity index is 1.22. The van der Waals surface area contributed by atoms with Gasteiger partial charge in [-0.2, -0.15) is 4.31 Å². The Morgan fingerprint density at radius 1 is 1.15 bits per heavy atom. The van der Waals surface area contributed by atoms with E-state index in [1.54, 1.807) is 23.2 Å². The van der Waals surface area contributed by atoms with E-state index in [1.165, 1.54) is 21.8 Å². The van der Waals surface area contributed by atoms with Gasteiger partial charge >= 0.3 is 0 Å². The zero-order chi connectivity index (χ0) is 23.6. The maximum atomic E-state index is 13.4. The van der Waals surface area contributed by atoms with Gasteiger partial charge in [0.2, 0.25) is 10.0 Å². The molecule has 0 radical (unpaired) electrons. The van der Waals surface area contributed by atoms with Crippen molar-refractivity contribution in [2.45, 2.75) is 37.5 Å². The number of hydrogen-bond donors (Lipinski definition) is 1. The number of hydrogen-bond acceptors (Lipinski definition) is 7. The van der Waals surface area contributed by atoms with Crippen LogP contribution in [0.1, 0.15) is 45.5 Å². The van der Waals surface area contributed by atoms with Crippen molar-refractivity contribution in [3.05, 3.63) is 46.5 Å². The van der Waals surface area contributed by atoms with Gasteiger partial charge in [0.25, 0.3) is 5.91 Å². The minimum absolute atomic E-state index is 0.0683. The molecule has 1 N–H and O–H groups in total. The SMILES string of the molecule is Cc1nc(C2CC2)nc2sc(C(=O)N3CCN(S(=O)(=O)c4c[nH]c5ncccc45)CC3)c(C)c12. The molecule has 11 heteroatoms. The summed E-state index contributed by atoms with van der Waals surface area (Å²) in [4.78, 5) is 33.4. The Morgan fingerprint density at radius 3 is 2.65 bits per heavy atom. The molecule has 0 spiro atoms. The lowest BCUT2D eigenvalue weighted by molar-refractivity contribution is 0.0702. The van der Waals surface area contributed by atoms with Gasteiger partial charge in [0.05, 0.1) is 10.6 Å². The molecule has 4 aromatic rings. The van der Waals surface area contributed by atoms with Gasteiger partial charge in [0, 0.05) is 55.3 Å². The average molecular weight is 497 g/mol. The predicted molar refractivity (Wildman–Crippen MR) is 130 cm³/mol. The molecule has 1 amide bonds. The van der Waals surface area contributed by atoms with E-state index < -0.39 is 10.0 Å². The van der Waals surface area contributed by atoms with Crippen LogP contribution >= 0.6 is 11.3 Å². The third-order valence-corrected chi connectivity index (χ3v) is 9.79. The Hall–Kier alpha value is -2.89. The molecule has 1 aliphatic carbocycles. The number of nitrogens with one attached hydrogen (secondary N) is 1. The first-order valence-electron chi connectivity index (χ1n) is 11.3. The number of sulfonamides is 1. The Labute approximate surface area is 200 Å². The molecule has 0 aromatic carbocycles. The van der Waals surface area contributed by atoms with Gasteiger partial charge in [-0.15, -0.1) is 11.3 Å². The van der Waals surface area contributed by atoms with Crippen molar-refractivity contribution >= 4 is 48.5 Å². The normalized spacial score (nSPS) is 17.6. The maximum Gasteiger partial charge on any atom is 0.264 e. The zero-order valence-electron chi connectivity index (χ0n) is 18.9. The average Bonchev–Trinajstić information content (AvgIpc) is 3.50. The largest absolute Gasteiger partial charge is 0.345 e. The van der Waals surface area contributed by atoms with Crippen molar-refractivity contribution in [1.82, 2.24) is 29.1 Å². The van der Waals surface area contributed by atoms with Crippen molar-refractivity contribution in [1.29, 1.82) is 0 Å². The molecule has 2 fully saturated rings. The summed E-state index contributed by atoms with van der Waals surface area (Å²) in [5.74, 6) is 1.27. The zero-order valence-corrected chi connectivity index (χ0v) is 20.5. The van der Waals surface area contributed by atoms with E-state index in [0.717, 1.165) is 40.1 Å². The molecule has 0 bridgehead atoms. The second-order valence-corrected chi connectivity index (χ2v) is 11.8. The van der Waals surface area contributed by atoms with Crippen LogP contribution in [0.25, 0.3) is 21.3 Å². The van der Waals surface area contributed by atoms with Crippen molar-refractivity contribution in [2.24, 2.45) is 0 Å². The number of H-pyrrole nitrogens is 1. The number of aryl methyl sites for hydroxylation is 2. The number of thiophene rings is 1. The number of piperazine rings is 1. The van der Waals surface area contributed by atoms with Crippen molar-refractivity contribution < 1.29 is 13.2 Å². The highest BCUT2D eigenvalue weighted by molar-refractivity contribution is 7.89.